The van der Waals surface area contributed by atoms with Crippen LogP contribution in [0.15, 0.2) is 48.8 Å². The number of nitrogens with zero attached hydrogens (tertiary/aromatic N) is 4. The summed E-state index contributed by atoms with van der Waals surface area (Å²) in [7, 11) is -4.38. The van der Waals surface area contributed by atoms with Crippen molar-refractivity contribution in [2.45, 2.75) is 49.7 Å². The third-order valence-electron chi connectivity index (χ3n) is 6.72. The molecular formula is C25H29N6O8P. The van der Waals surface area contributed by atoms with Gasteiger partial charge >= 0.3 is 13.7 Å². The summed E-state index contributed by atoms with van der Waals surface area (Å²) in [5.74, 6) is 0.0114. The molecule has 1 saturated heterocycles. The third-order valence-corrected chi connectivity index (χ3v) is 8.35. The molecule has 0 radical (unpaired) electrons. The molecule has 15 heteroatoms. The molecule has 3 aromatic rings. The molecule has 5 N–H and O–H groups in total. The first-order chi connectivity index (χ1) is 19.1. The quantitative estimate of drug-likeness (QED) is 0.190. The summed E-state index contributed by atoms with van der Waals surface area (Å²) >= 11 is 0. The Bertz CT molecular complexity index is 1460. The molecule has 2 unspecified atom stereocenters. The summed E-state index contributed by atoms with van der Waals surface area (Å²) in [5, 5.41) is 38.5. The van der Waals surface area contributed by atoms with E-state index in [2.05, 4.69) is 15.2 Å². The Morgan fingerprint density at radius 3 is 2.77 bits per heavy atom. The van der Waals surface area contributed by atoms with Crippen molar-refractivity contribution in [3.8, 4) is 11.8 Å². The first kappa shape index (κ1) is 28.0. The van der Waals surface area contributed by atoms with Gasteiger partial charge < -0.3 is 29.9 Å². The zero-order valence-corrected chi connectivity index (χ0v) is 22.4. The van der Waals surface area contributed by atoms with Crippen LogP contribution in [0.4, 0.5) is 5.82 Å². The van der Waals surface area contributed by atoms with Gasteiger partial charge in [-0.2, -0.15) is 15.4 Å². The predicted molar refractivity (Wildman–Crippen MR) is 138 cm³/mol. The number of aliphatic hydroxyl groups excluding tert-OH is 2. The molecule has 1 aromatic carbocycles. The van der Waals surface area contributed by atoms with Crippen LogP contribution in [-0.2, 0) is 23.4 Å². The number of hydrogen-bond donors (Lipinski definition) is 4. The number of carbonyl (C=O) groups is 1. The van der Waals surface area contributed by atoms with Gasteiger partial charge in [-0.1, -0.05) is 18.2 Å². The van der Waals surface area contributed by atoms with Gasteiger partial charge in [-0.15, -0.1) is 0 Å². The van der Waals surface area contributed by atoms with Gasteiger partial charge in [0.25, 0.3) is 0 Å². The standard InChI is InChI=1S/C25H29N6O8P/c1-15(24(34)36-11-16-7-8-16)30-40(35,39-17-5-3-2-4-6-17)37-13-25(12-26)22(33)20(32)21(38-25)18-9-10-19-23(27)28-14-29-31(18)19/h2-6,9-10,14-16,20-22,32-33H,7-8,11,13H2,1H3,(H,30,35)(H2,27,28,29)/t15?,20-,21-,22-,25+,40?/m0/s1. The first-order valence-corrected chi connectivity index (χ1v) is 14.2. The number of hydrogen-bond acceptors (Lipinski definition) is 12. The molecule has 1 saturated carbocycles. The Morgan fingerprint density at radius 2 is 2.08 bits per heavy atom. The highest BCUT2D eigenvalue weighted by Gasteiger charge is 2.57. The van der Waals surface area contributed by atoms with Crippen LogP contribution in [0, 0.1) is 17.2 Å². The number of para-hydroxylation sites is 1. The summed E-state index contributed by atoms with van der Waals surface area (Å²) in [4.78, 5) is 16.4. The normalized spacial score (nSPS) is 26.6. The van der Waals surface area contributed by atoms with Gasteiger partial charge in [0.05, 0.1) is 12.3 Å². The number of ether oxygens (including phenoxy) is 2. The number of esters is 1. The van der Waals surface area contributed by atoms with Gasteiger partial charge in [0.1, 0.15) is 54.6 Å². The zero-order chi connectivity index (χ0) is 28.5. The lowest BCUT2D eigenvalue weighted by Gasteiger charge is -2.28. The van der Waals surface area contributed by atoms with E-state index in [1.807, 2.05) is 6.07 Å². The molecule has 14 nitrogen and oxygen atoms in total. The number of nitrogens with two attached hydrogens (primary N) is 1. The lowest BCUT2D eigenvalue weighted by molar-refractivity contribution is -0.145. The van der Waals surface area contributed by atoms with Crippen LogP contribution in [0.1, 0.15) is 31.6 Å². The molecule has 0 bridgehead atoms. The van der Waals surface area contributed by atoms with Crippen molar-refractivity contribution in [1.82, 2.24) is 19.7 Å². The number of nitriles is 1. The van der Waals surface area contributed by atoms with Crippen LogP contribution in [0.25, 0.3) is 5.52 Å². The summed E-state index contributed by atoms with van der Waals surface area (Å²) in [5.41, 5.74) is 4.44. The minimum atomic E-state index is -4.38. The monoisotopic (exact) mass is 572 g/mol. The van der Waals surface area contributed by atoms with E-state index >= 15 is 0 Å². The van der Waals surface area contributed by atoms with Gasteiger partial charge in [0.15, 0.2) is 5.82 Å². The van der Waals surface area contributed by atoms with E-state index in [4.69, 9.17) is 24.3 Å². The van der Waals surface area contributed by atoms with E-state index < -0.39 is 50.3 Å². The molecule has 40 heavy (non-hydrogen) atoms. The Hall–Kier alpha value is -3.57. The second kappa shape index (κ2) is 11.1. The number of anilines is 1. The highest BCUT2D eigenvalue weighted by atomic mass is 31.2. The minimum Gasteiger partial charge on any atom is -0.464 e. The number of benzene rings is 1. The van der Waals surface area contributed by atoms with Gasteiger partial charge in [-0.3, -0.25) is 9.32 Å². The first-order valence-electron chi connectivity index (χ1n) is 12.6. The van der Waals surface area contributed by atoms with Crippen molar-refractivity contribution in [2.75, 3.05) is 18.9 Å². The summed E-state index contributed by atoms with van der Waals surface area (Å²) < 4.78 is 37.6. The van der Waals surface area contributed by atoms with Crippen molar-refractivity contribution in [2.24, 2.45) is 5.92 Å². The molecule has 5 rings (SSSR count). The minimum absolute atomic E-state index is 0.158. The number of nitrogens with one attached hydrogen (secondary N) is 1. The number of carbonyl (C=O) groups excluding carboxylic acids is 1. The van der Waals surface area contributed by atoms with E-state index in [1.165, 1.54) is 29.9 Å². The molecule has 1 aliphatic heterocycles. The highest BCUT2D eigenvalue weighted by Crippen LogP contribution is 2.48. The predicted octanol–water partition coefficient (Wildman–Crippen LogP) is 1.50. The molecule has 212 valence electrons. The molecule has 0 amide bonds. The molecule has 2 aliphatic rings. The Balaban J connectivity index is 1.36. The third kappa shape index (κ3) is 5.66. The average Bonchev–Trinajstić information content (AvgIpc) is 3.62. The highest BCUT2D eigenvalue weighted by molar-refractivity contribution is 7.52. The number of nitrogen functional groups attached to an aromatic ring is 1. The topological polar surface area (TPSA) is 204 Å². The fourth-order valence-corrected chi connectivity index (χ4v) is 5.79. The van der Waals surface area contributed by atoms with Crippen LogP contribution in [-0.4, -0.2) is 67.8 Å². The van der Waals surface area contributed by atoms with Crippen LogP contribution >= 0.6 is 7.75 Å². The second-order valence-corrected chi connectivity index (χ2v) is 11.5. The molecule has 6 atom stereocenters. The molecule has 0 spiro atoms. The van der Waals surface area contributed by atoms with E-state index in [9.17, 15) is 24.8 Å². The molecule has 2 fully saturated rings. The van der Waals surface area contributed by atoms with Crippen LogP contribution in [0.3, 0.4) is 0 Å². The van der Waals surface area contributed by atoms with E-state index in [0.717, 1.165) is 12.8 Å². The lowest BCUT2D eigenvalue weighted by Crippen LogP contribution is -2.46. The maximum Gasteiger partial charge on any atom is 0.459 e. The summed E-state index contributed by atoms with van der Waals surface area (Å²) in [6.45, 7) is 0.905. The molecule has 1 aliphatic carbocycles. The van der Waals surface area contributed by atoms with Crippen LogP contribution in [0.5, 0.6) is 5.75 Å². The molecular weight excluding hydrogens is 543 g/mol. The maximum absolute atomic E-state index is 13.9. The van der Waals surface area contributed by atoms with Gasteiger partial charge in [-0.25, -0.2) is 14.1 Å². The zero-order valence-electron chi connectivity index (χ0n) is 21.5. The van der Waals surface area contributed by atoms with Gasteiger partial charge in [-0.05, 0) is 49.9 Å². The van der Waals surface area contributed by atoms with Crippen molar-refractivity contribution in [1.29, 1.82) is 5.26 Å². The van der Waals surface area contributed by atoms with Crippen molar-refractivity contribution < 1.29 is 38.1 Å². The fraction of sp³-hybridized carbons (Fsp3) is 0.440. The number of rotatable bonds is 11. The average molecular weight is 573 g/mol. The summed E-state index contributed by atoms with van der Waals surface area (Å²) in [6, 6.07) is 12.0. The van der Waals surface area contributed by atoms with Crippen LogP contribution in [0.2, 0.25) is 0 Å². The largest absolute Gasteiger partial charge is 0.464 e. The number of aromatic nitrogens is 3. The van der Waals surface area contributed by atoms with Crippen molar-refractivity contribution >= 4 is 25.1 Å². The van der Waals surface area contributed by atoms with Crippen molar-refractivity contribution in [3.63, 3.8) is 0 Å². The van der Waals surface area contributed by atoms with Crippen LogP contribution < -0.4 is 15.3 Å². The van der Waals surface area contributed by atoms with E-state index in [1.54, 1.807) is 30.3 Å². The van der Waals surface area contributed by atoms with Crippen molar-refractivity contribution in [3.05, 3.63) is 54.5 Å². The fourth-order valence-electron chi connectivity index (χ4n) is 4.27. The Kier molecular flexibility index (Phi) is 7.78. The van der Waals surface area contributed by atoms with Gasteiger partial charge in [0.2, 0.25) is 5.60 Å². The number of fused-ring (bicyclic) bond motifs is 1. The Labute approximate surface area is 229 Å². The lowest BCUT2D eigenvalue weighted by atomic mass is 9.96. The second-order valence-electron chi connectivity index (χ2n) is 9.78. The SMILES string of the molecule is CC(NP(=O)(OC[C@@]1(C#N)O[C@@H](c2ccc3c(N)ncnn23)[C@H](O)[C@@H]1O)Oc1ccccc1)C(=O)OCC1CC1. The molecule has 2 aromatic heterocycles. The van der Waals surface area contributed by atoms with E-state index in [0.29, 0.717) is 17.1 Å². The molecule has 3 heterocycles. The maximum atomic E-state index is 13.9. The Morgan fingerprint density at radius 1 is 1.32 bits per heavy atom. The van der Waals surface area contributed by atoms with Gasteiger partial charge in [0, 0.05) is 0 Å². The summed E-state index contributed by atoms with van der Waals surface area (Å²) in [6.07, 6.45) is -1.41. The number of aliphatic hydroxyl groups is 2. The van der Waals surface area contributed by atoms with E-state index in [-0.39, 0.29) is 18.2 Å². The smallest absolute Gasteiger partial charge is 0.459 e.